The van der Waals surface area contributed by atoms with E-state index >= 15 is 0 Å². The van der Waals surface area contributed by atoms with Crippen molar-refractivity contribution < 1.29 is 14.0 Å². The molecular formula is C21H13FN4O2S. The molecule has 1 saturated heterocycles. The van der Waals surface area contributed by atoms with E-state index in [1.165, 1.54) is 24.3 Å². The smallest absolute Gasteiger partial charge is 0.270 e. The van der Waals surface area contributed by atoms with Gasteiger partial charge in [0.2, 0.25) is 0 Å². The van der Waals surface area contributed by atoms with Crippen LogP contribution in [0.3, 0.4) is 0 Å². The third-order valence-corrected chi connectivity index (χ3v) is 4.84. The molecule has 1 N–H and O–H groups in total. The molecule has 6 nitrogen and oxygen atoms in total. The van der Waals surface area contributed by atoms with E-state index in [-0.39, 0.29) is 22.9 Å². The molecule has 1 aliphatic heterocycles. The molecule has 4 rings (SSSR count). The lowest BCUT2D eigenvalue weighted by atomic mass is 10.1. The van der Waals surface area contributed by atoms with Crippen molar-refractivity contribution in [1.29, 1.82) is 5.26 Å². The van der Waals surface area contributed by atoms with E-state index in [1.807, 2.05) is 24.3 Å². The Hall–Kier alpha value is -3.83. The fraction of sp³-hybridized carbons (Fsp3) is 0.0476. The number of amides is 2. The fourth-order valence-corrected chi connectivity index (χ4v) is 3.54. The number of para-hydroxylation sites is 2. The Bertz CT molecular complexity index is 1260. The van der Waals surface area contributed by atoms with E-state index in [1.54, 1.807) is 16.8 Å². The Kier molecular flexibility index (Phi) is 4.66. The van der Waals surface area contributed by atoms with Gasteiger partial charge in [-0.3, -0.25) is 14.9 Å². The molecule has 0 unspecified atom stereocenters. The highest BCUT2D eigenvalue weighted by molar-refractivity contribution is 7.80. The number of hydrogen-bond acceptors (Lipinski definition) is 4. The number of fused-ring (bicyclic) bond motifs is 1. The number of carbonyl (C=O) groups excluding carboxylic acids is 2. The molecule has 1 aliphatic rings. The van der Waals surface area contributed by atoms with Gasteiger partial charge in [-0.15, -0.1) is 0 Å². The number of carbonyl (C=O) groups is 2. The zero-order valence-electron chi connectivity index (χ0n) is 14.9. The van der Waals surface area contributed by atoms with Crippen LogP contribution in [0.4, 0.5) is 10.1 Å². The predicted octanol–water partition coefficient (Wildman–Crippen LogP) is 3.14. The first-order valence-corrected chi connectivity index (χ1v) is 9.03. The molecule has 142 valence electrons. The van der Waals surface area contributed by atoms with Gasteiger partial charge in [0.05, 0.1) is 11.8 Å². The van der Waals surface area contributed by atoms with Crippen molar-refractivity contribution in [3.05, 3.63) is 71.7 Å². The van der Waals surface area contributed by atoms with Crippen LogP contribution in [-0.4, -0.2) is 21.5 Å². The average Bonchev–Trinajstić information content (AvgIpc) is 3.04. The fourth-order valence-electron chi connectivity index (χ4n) is 3.26. The van der Waals surface area contributed by atoms with E-state index in [2.05, 4.69) is 11.4 Å². The monoisotopic (exact) mass is 404 g/mol. The van der Waals surface area contributed by atoms with Crippen molar-refractivity contribution in [3.63, 3.8) is 0 Å². The second-order valence-corrected chi connectivity index (χ2v) is 6.68. The summed E-state index contributed by atoms with van der Waals surface area (Å²) in [4.78, 5) is 26.5. The summed E-state index contributed by atoms with van der Waals surface area (Å²) in [5.74, 6) is -2.02. The molecular weight excluding hydrogens is 391 g/mol. The number of aromatic nitrogens is 1. The zero-order valence-corrected chi connectivity index (χ0v) is 15.7. The number of halogens is 1. The number of benzene rings is 2. The molecule has 8 heteroatoms. The first kappa shape index (κ1) is 18.5. The lowest BCUT2D eigenvalue weighted by Crippen LogP contribution is -2.54. The molecule has 0 spiro atoms. The van der Waals surface area contributed by atoms with Gasteiger partial charge >= 0.3 is 0 Å². The molecule has 0 saturated carbocycles. The number of rotatable bonds is 3. The molecule has 2 aromatic carbocycles. The Labute approximate surface area is 170 Å². The molecule has 2 heterocycles. The Balaban J connectivity index is 1.83. The maximum atomic E-state index is 14.2. The maximum Gasteiger partial charge on any atom is 0.270 e. The predicted molar refractivity (Wildman–Crippen MR) is 110 cm³/mol. The van der Waals surface area contributed by atoms with E-state index in [9.17, 15) is 14.0 Å². The maximum absolute atomic E-state index is 14.2. The number of hydrogen-bond donors (Lipinski definition) is 1. The van der Waals surface area contributed by atoms with Crippen LogP contribution in [0.25, 0.3) is 17.0 Å². The number of nitrogens with one attached hydrogen (secondary N) is 1. The van der Waals surface area contributed by atoms with Crippen molar-refractivity contribution in [2.24, 2.45) is 0 Å². The highest BCUT2D eigenvalue weighted by atomic mass is 32.1. The molecule has 0 atom stereocenters. The lowest BCUT2D eigenvalue weighted by Gasteiger charge is -2.29. The zero-order chi connectivity index (χ0) is 20.5. The summed E-state index contributed by atoms with van der Waals surface area (Å²) >= 11 is 5.10. The van der Waals surface area contributed by atoms with Crippen molar-refractivity contribution in [2.45, 2.75) is 6.54 Å². The van der Waals surface area contributed by atoms with E-state index in [0.717, 1.165) is 15.8 Å². The summed E-state index contributed by atoms with van der Waals surface area (Å²) in [6.07, 6.45) is 3.13. The normalized spacial score (nSPS) is 15.7. The third kappa shape index (κ3) is 3.17. The minimum Gasteiger partial charge on any atom is -0.333 e. The van der Waals surface area contributed by atoms with Crippen molar-refractivity contribution in [3.8, 4) is 6.07 Å². The standard InChI is InChI=1S/C21H13FN4O2S/c22-16-6-2-4-8-18(16)26-20(28)15(19(27)24-21(26)29)11-13-12-25(10-9-23)17-7-3-1-5-14(13)17/h1-8,11-12H,10H2,(H,24,27,29)/b15-11+. The van der Waals surface area contributed by atoms with Crippen molar-refractivity contribution >= 4 is 51.8 Å². The lowest BCUT2D eigenvalue weighted by molar-refractivity contribution is -0.122. The van der Waals surface area contributed by atoms with Gasteiger partial charge in [0, 0.05) is 22.7 Å². The van der Waals surface area contributed by atoms with Crippen LogP contribution in [0.15, 0.2) is 60.3 Å². The van der Waals surface area contributed by atoms with E-state index < -0.39 is 17.6 Å². The summed E-state index contributed by atoms with van der Waals surface area (Å²) in [6, 6.07) is 15.1. The van der Waals surface area contributed by atoms with Crippen molar-refractivity contribution in [2.75, 3.05) is 4.90 Å². The highest BCUT2D eigenvalue weighted by Crippen LogP contribution is 2.27. The first-order chi connectivity index (χ1) is 14.0. The summed E-state index contributed by atoms with van der Waals surface area (Å²) in [5.41, 5.74) is 1.17. The summed E-state index contributed by atoms with van der Waals surface area (Å²) in [7, 11) is 0. The van der Waals surface area contributed by atoms with Crippen LogP contribution >= 0.6 is 12.2 Å². The highest BCUT2D eigenvalue weighted by Gasteiger charge is 2.35. The third-order valence-electron chi connectivity index (χ3n) is 4.56. The number of thiocarbonyl (C=S) groups is 1. The van der Waals surface area contributed by atoms with Gasteiger partial charge in [-0.25, -0.2) is 9.29 Å². The van der Waals surface area contributed by atoms with Gasteiger partial charge in [-0.1, -0.05) is 30.3 Å². The molecule has 29 heavy (non-hydrogen) atoms. The molecule has 0 aliphatic carbocycles. The second-order valence-electron chi connectivity index (χ2n) is 6.30. The SMILES string of the molecule is N#CCn1cc(/C=C2\C(=O)NC(=S)N(c3ccccc3F)C2=O)c2ccccc21. The molecule has 2 amide bonds. The second kappa shape index (κ2) is 7.30. The number of anilines is 1. The number of nitriles is 1. The molecule has 1 fully saturated rings. The summed E-state index contributed by atoms with van der Waals surface area (Å²) in [6.45, 7) is 0.120. The van der Waals surface area contributed by atoms with Gasteiger partial charge in [0.1, 0.15) is 17.9 Å². The van der Waals surface area contributed by atoms with Crippen LogP contribution in [0, 0.1) is 17.1 Å². The van der Waals surface area contributed by atoms with Crippen LogP contribution in [0.5, 0.6) is 0 Å². The van der Waals surface area contributed by atoms with Gasteiger partial charge in [0.25, 0.3) is 11.8 Å². The Morgan fingerprint density at radius 2 is 1.86 bits per heavy atom. The van der Waals surface area contributed by atoms with Gasteiger partial charge < -0.3 is 4.57 Å². The molecule has 3 aromatic rings. The minimum atomic E-state index is -0.721. The topological polar surface area (TPSA) is 78.1 Å². The summed E-state index contributed by atoms with van der Waals surface area (Å²) in [5, 5.41) is 12.1. The molecule has 0 bridgehead atoms. The van der Waals surface area contributed by atoms with Crippen LogP contribution in [-0.2, 0) is 16.1 Å². The van der Waals surface area contributed by atoms with E-state index in [4.69, 9.17) is 17.5 Å². The van der Waals surface area contributed by atoms with Crippen LogP contribution in [0.2, 0.25) is 0 Å². The Morgan fingerprint density at radius 3 is 2.62 bits per heavy atom. The van der Waals surface area contributed by atoms with Gasteiger partial charge in [-0.05, 0) is 36.5 Å². The van der Waals surface area contributed by atoms with Crippen LogP contribution in [0.1, 0.15) is 5.56 Å². The Morgan fingerprint density at radius 1 is 1.14 bits per heavy atom. The largest absolute Gasteiger partial charge is 0.333 e. The molecule has 0 radical (unpaired) electrons. The quantitative estimate of drug-likeness (QED) is 0.413. The van der Waals surface area contributed by atoms with Crippen LogP contribution < -0.4 is 10.2 Å². The average molecular weight is 404 g/mol. The minimum absolute atomic E-state index is 0.0414. The summed E-state index contributed by atoms with van der Waals surface area (Å²) < 4.78 is 16.0. The van der Waals surface area contributed by atoms with Crippen molar-refractivity contribution in [1.82, 2.24) is 9.88 Å². The molecule has 1 aromatic heterocycles. The van der Waals surface area contributed by atoms with Gasteiger partial charge in [-0.2, -0.15) is 5.26 Å². The first-order valence-electron chi connectivity index (χ1n) is 8.62. The van der Waals surface area contributed by atoms with E-state index in [0.29, 0.717) is 5.56 Å². The van der Waals surface area contributed by atoms with Gasteiger partial charge in [0.15, 0.2) is 5.11 Å². The number of nitrogens with zero attached hydrogens (tertiary/aromatic N) is 3.